The number of hydrogen-bond acceptors (Lipinski definition) is 7. The third kappa shape index (κ3) is 5.62. The van der Waals surface area contributed by atoms with Crippen molar-refractivity contribution in [3.05, 3.63) is 29.5 Å². The first-order valence-corrected chi connectivity index (χ1v) is 10.4. The van der Waals surface area contributed by atoms with Crippen LogP contribution in [0.5, 0.6) is 5.75 Å². The lowest BCUT2D eigenvalue weighted by Gasteiger charge is -2.30. The third-order valence-corrected chi connectivity index (χ3v) is 5.40. The molecule has 1 fully saturated rings. The number of pyridine rings is 1. The number of benzene rings is 1. The topological polar surface area (TPSA) is 133 Å². The van der Waals surface area contributed by atoms with E-state index >= 15 is 0 Å². The van der Waals surface area contributed by atoms with E-state index in [2.05, 4.69) is 10.3 Å². The first-order valence-electron chi connectivity index (χ1n) is 10.4. The van der Waals surface area contributed by atoms with Gasteiger partial charge in [-0.25, -0.2) is 4.79 Å². The fraction of sp³-hybridized carbons (Fsp3) is 0.500. The van der Waals surface area contributed by atoms with E-state index in [1.54, 1.807) is 26.2 Å². The van der Waals surface area contributed by atoms with Crippen LogP contribution in [0, 0.1) is 6.92 Å². The molecule has 3 rings (SSSR count). The first kappa shape index (κ1) is 22.8. The van der Waals surface area contributed by atoms with Gasteiger partial charge in [0.2, 0.25) is 5.91 Å². The third-order valence-electron chi connectivity index (χ3n) is 5.40. The number of aromatic carboxylic acids is 1. The number of carbonyl (C=O) groups excluding carboxylic acids is 1. The van der Waals surface area contributed by atoms with Crippen LogP contribution < -0.4 is 15.8 Å². The highest BCUT2D eigenvalue weighted by molar-refractivity contribution is 6.06. The number of carboxylic acids is 1. The largest absolute Gasteiger partial charge is 0.490 e. The molecule has 9 nitrogen and oxygen atoms in total. The monoisotopic (exact) mass is 431 g/mol. The van der Waals surface area contributed by atoms with E-state index in [-0.39, 0.29) is 35.9 Å². The Morgan fingerprint density at radius 2 is 1.97 bits per heavy atom. The summed E-state index contributed by atoms with van der Waals surface area (Å²) in [6, 6.07) is 5.48. The zero-order valence-electron chi connectivity index (χ0n) is 17.8. The molecule has 0 bridgehead atoms. The molecule has 2 aromatic rings. The molecule has 0 atom stereocenters. The number of nitrogen functional groups attached to an aromatic ring is 1. The molecule has 1 saturated carbocycles. The van der Waals surface area contributed by atoms with Gasteiger partial charge in [0, 0.05) is 13.2 Å². The van der Waals surface area contributed by atoms with Crippen LogP contribution in [0.25, 0.3) is 10.9 Å². The van der Waals surface area contributed by atoms with Gasteiger partial charge < -0.3 is 30.4 Å². The molecule has 0 spiro atoms. The summed E-state index contributed by atoms with van der Waals surface area (Å²) in [7, 11) is 1.58. The van der Waals surface area contributed by atoms with Gasteiger partial charge in [0.25, 0.3) is 0 Å². The van der Waals surface area contributed by atoms with E-state index in [1.165, 1.54) is 0 Å². The average Bonchev–Trinajstić information content (AvgIpc) is 2.72. The summed E-state index contributed by atoms with van der Waals surface area (Å²) in [4.78, 5) is 28.0. The predicted octanol–water partition coefficient (Wildman–Crippen LogP) is 2.29. The molecule has 31 heavy (non-hydrogen) atoms. The molecule has 0 saturated heterocycles. The highest BCUT2D eigenvalue weighted by Crippen LogP contribution is 2.35. The second-order valence-electron chi connectivity index (χ2n) is 7.65. The second-order valence-corrected chi connectivity index (χ2v) is 7.65. The number of nitrogens with two attached hydrogens (primary N) is 1. The number of nitrogens with one attached hydrogen (secondary N) is 1. The van der Waals surface area contributed by atoms with Crippen LogP contribution in [0.15, 0.2) is 18.2 Å². The quantitative estimate of drug-likeness (QED) is 0.515. The van der Waals surface area contributed by atoms with Crippen molar-refractivity contribution >= 4 is 28.5 Å². The predicted molar refractivity (Wildman–Crippen MR) is 115 cm³/mol. The fourth-order valence-electron chi connectivity index (χ4n) is 3.89. The summed E-state index contributed by atoms with van der Waals surface area (Å²) in [5, 5.41) is 13.0. The number of carboxylic acid groups (broad SMARTS) is 1. The lowest BCUT2D eigenvalue weighted by Crippen LogP contribution is -2.41. The molecule has 1 aromatic heterocycles. The number of aryl methyl sites for hydroxylation is 1. The van der Waals surface area contributed by atoms with Gasteiger partial charge in [-0.05, 0) is 44.7 Å². The summed E-state index contributed by atoms with van der Waals surface area (Å²) in [6.45, 7) is 2.49. The van der Waals surface area contributed by atoms with Gasteiger partial charge in [0.15, 0.2) is 0 Å². The summed E-state index contributed by atoms with van der Waals surface area (Å²) in [5.74, 6) is -0.712. The lowest BCUT2D eigenvalue weighted by molar-refractivity contribution is -0.127. The molecule has 1 aromatic carbocycles. The molecule has 0 unspecified atom stereocenters. The number of hydrogen-bond donors (Lipinski definition) is 3. The van der Waals surface area contributed by atoms with Crippen molar-refractivity contribution in [3.63, 3.8) is 0 Å². The smallest absolute Gasteiger partial charge is 0.339 e. The van der Waals surface area contributed by atoms with Gasteiger partial charge in [0.05, 0.1) is 41.6 Å². The second kappa shape index (κ2) is 10.4. The Bertz CT molecular complexity index is 940. The molecular formula is C22H29N3O6. The van der Waals surface area contributed by atoms with Gasteiger partial charge in [-0.2, -0.15) is 0 Å². The molecular weight excluding hydrogens is 402 g/mol. The van der Waals surface area contributed by atoms with Crippen molar-refractivity contribution in [2.75, 3.05) is 32.7 Å². The van der Waals surface area contributed by atoms with E-state index in [1.807, 2.05) is 6.07 Å². The maximum absolute atomic E-state index is 12.0. The number of amides is 1. The van der Waals surface area contributed by atoms with E-state index in [0.29, 0.717) is 35.6 Å². The van der Waals surface area contributed by atoms with Crippen molar-refractivity contribution < 1.29 is 28.9 Å². The van der Waals surface area contributed by atoms with Crippen LogP contribution >= 0.6 is 0 Å². The molecule has 4 N–H and O–H groups in total. The number of anilines is 1. The first-order chi connectivity index (χ1) is 14.9. The number of methoxy groups -OCH3 is 1. The van der Waals surface area contributed by atoms with Gasteiger partial charge >= 0.3 is 5.97 Å². The number of carbonyl (C=O) groups is 2. The lowest BCUT2D eigenvalue weighted by atomic mass is 9.93. The van der Waals surface area contributed by atoms with Crippen molar-refractivity contribution in [3.8, 4) is 5.75 Å². The summed E-state index contributed by atoms with van der Waals surface area (Å²) >= 11 is 0. The normalized spacial score (nSPS) is 18.6. The van der Waals surface area contributed by atoms with Crippen LogP contribution in [-0.4, -0.2) is 61.0 Å². The van der Waals surface area contributed by atoms with Gasteiger partial charge in [0.1, 0.15) is 17.9 Å². The summed E-state index contributed by atoms with van der Waals surface area (Å²) < 4.78 is 16.3. The molecule has 168 valence electrons. The highest BCUT2D eigenvalue weighted by atomic mass is 16.5. The highest BCUT2D eigenvalue weighted by Gasteiger charge is 2.25. The zero-order chi connectivity index (χ0) is 22.4. The Balaban J connectivity index is 1.61. The molecule has 1 heterocycles. The molecule has 9 heteroatoms. The Kier molecular flexibility index (Phi) is 7.64. The Morgan fingerprint density at radius 3 is 2.65 bits per heavy atom. The van der Waals surface area contributed by atoms with Crippen LogP contribution in [-0.2, 0) is 14.3 Å². The van der Waals surface area contributed by atoms with E-state index in [4.69, 9.17) is 19.9 Å². The van der Waals surface area contributed by atoms with E-state index in [9.17, 15) is 14.7 Å². The number of fused-ring (bicyclic) bond motifs is 1. The number of rotatable bonds is 9. The van der Waals surface area contributed by atoms with Gasteiger partial charge in [-0.1, -0.05) is 6.07 Å². The van der Waals surface area contributed by atoms with Crippen molar-refractivity contribution in [1.82, 2.24) is 10.3 Å². The molecule has 0 radical (unpaired) electrons. The van der Waals surface area contributed by atoms with E-state index < -0.39 is 5.97 Å². The molecule has 1 aliphatic rings. The maximum Gasteiger partial charge on any atom is 0.339 e. The number of ether oxygens (including phenoxy) is 3. The minimum Gasteiger partial charge on any atom is -0.490 e. The average molecular weight is 431 g/mol. The number of aromatic nitrogens is 1. The summed E-state index contributed by atoms with van der Waals surface area (Å²) in [6.07, 6.45) is 3.04. The van der Waals surface area contributed by atoms with Crippen molar-refractivity contribution in [1.29, 1.82) is 0 Å². The maximum atomic E-state index is 12.0. The Labute approximate surface area is 180 Å². The Hall–Kier alpha value is -2.91. The molecule has 1 amide bonds. The Morgan fingerprint density at radius 1 is 1.23 bits per heavy atom. The fourth-order valence-corrected chi connectivity index (χ4v) is 3.89. The minimum atomic E-state index is -1.11. The number of nitrogens with zero attached hydrogens (tertiary/aromatic N) is 1. The van der Waals surface area contributed by atoms with Crippen LogP contribution in [0.1, 0.15) is 41.7 Å². The van der Waals surface area contributed by atoms with E-state index in [0.717, 1.165) is 25.7 Å². The minimum absolute atomic E-state index is 0.00249. The van der Waals surface area contributed by atoms with Crippen molar-refractivity contribution in [2.45, 2.75) is 44.8 Å². The molecule has 1 aliphatic carbocycles. The van der Waals surface area contributed by atoms with Crippen LogP contribution in [0.3, 0.4) is 0 Å². The van der Waals surface area contributed by atoms with Crippen LogP contribution in [0.2, 0.25) is 0 Å². The molecule has 0 aliphatic heterocycles. The van der Waals surface area contributed by atoms with Gasteiger partial charge in [-0.15, -0.1) is 0 Å². The standard InChI is InChI=1S/C22H29N3O6/c1-13-19(22(27)28)21(23)20-16(24-13)4-3-5-17(20)31-15-8-6-14(7-9-15)25-18(26)12-30-11-10-29-2/h3-5,14-15H,6-12H2,1-2H3,(H2,23,24)(H,25,26)(H,27,28)/t14-,15-. The van der Waals surface area contributed by atoms with Crippen LogP contribution in [0.4, 0.5) is 5.69 Å². The van der Waals surface area contributed by atoms with Crippen molar-refractivity contribution in [2.24, 2.45) is 0 Å². The van der Waals surface area contributed by atoms with Gasteiger partial charge in [-0.3, -0.25) is 9.78 Å². The zero-order valence-corrected chi connectivity index (χ0v) is 17.8. The summed E-state index contributed by atoms with van der Waals surface area (Å²) in [5.41, 5.74) is 7.34. The SMILES string of the molecule is COCCOCC(=O)N[C@H]1CC[C@H](Oc2cccc3nc(C)c(C(=O)O)c(N)c23)CC1.